The molecule has 0 saturated heterocycles. The maximum Gasteiger partial charge on any atom is 0.224 e. The highest BCUT2D eigenvalue weighted by atomic mass is 19.1. The van der Waals surface area contributed by atoms with Crippen LogP contribution in [0, 0.1) is 19.7 Å². The topological polar surface area (TPSA) is 64.4 Å². The van der Waals surface area contributed by atoms with E-state index in [0.717, 1.165) is 11.3 Å². The molecule has 0 bridgehead atoms. The molecule has 1 amide bonds. The van der Waals surface area contributed by atoms with Gasteiger partial charge < -0.3 is 14.6 Å². The van der Waals surface area contributed by atoms with Crippen molar-refractivity contribution in [1.82, 2.24) is 10.5 Å². The smallest absolute Gasteiger partial charge is 0.224 e. The van der Waals surface area contributed by atoms with Crippen LogP contribution in [0.1, 0.15) is 23.9 Å². The van der Waals surface area contributed by atoms with E-state index in [1.54, 1.807) is 32.9 Å². The normalized spacial score (nSPS) is 12.0. The molecule has 2 rings (SSSR count). The van der Waals surface area contributed by atoms with E-state index in [4.69, 9.17) is 9.26 Å². The van der Waals surface area contributed by atoms with E-state index in [2.05, 4.69) is 10.5 Å². The number of hydrogen-bond donors (Lipinski definition) is 1. The lowest BCUT2D eigenvalue weighted by atomic mass is 10.1. The van der Waals surface area contributed by atoms with Crippen molar-refractivity contribution in [3.63, 3.8) is 0 Å². The van der Waals surface area contributed by atoms with Crippen LogP contribution in [-0.2, 0) is 11.2 Å². The summed E-state index contributed by atoms with van der Waals surface area (Å²) in [6, 6.07) is 5.91. The lowest BCUT2D eigenvalue weighted by molar-refractivity contribution is -0.120. The summed E-state index contributed by atoms with van der Waals surface area (Å²) in [5.74, 6) is 0.598. The number of rotatable bonds is 6. The van der Waals surface area contributed by atoms with Gasteiger partial charge in [0.05, 0.1) is 18.7 Å². The Labute approximate surface area is 128 Å². The van der Waals surface area contributed by atoms with E-state index in [1.807, 2.05) is 0 Å². The second kappa shape index (κ2) is 7.06. The van der Waals surface area contributed by atoms with E-state index in [9.17, 15) is 9.18 Å². The van der Waals surface area contributed by atoms with Gasteiger partial charge in [0.15, 0.2) is 0 Å². The molecule has 5 nitrogen and oxygen atoms in total. The summed E-state index contributed by atoms with van der Waals surface area (Å²) in [4.78, 5) is 11.9. The first-order valence-electron chi connectivity index (χ1n) is 7.06. The van der Waals surface area contributed by atoms with E-state index in [-0.39, 0.29) is 24.2 Å². The van der Waals surface area contributed by atoms with Crippen molar-refractivity contribution in [2.75, 3.05) is 6.54 Å². The summed E-state index contributed by atoms with van der Waals surface area (Å²) in [7, 11) is 0. The van der Waals surface area contributed by atoms with Gasteiger partial charge in [0.2, 0.25) is 5.91 Å². The Morgan fingerprint density at radius 3 is 2.86 bits per heavy atom. The lowest BCUT2D eigenvalue weighted by Gasteiger charge is -2.15. The number of amides is 1. The molecule has 22 heavy (non-hydrogen) atoms. The Hall–Kier alpha value is -2.37. The minimum absolute atomic E-state index is 0.135. The van der Waals surface area contributed by atoms with Gasteiger partial charge in [-0.3, -0.25) is 4.79 Å². The van der Waals surface area contributed by atoms with Crippen LogP contribution in [0.25, 0.3) is 0 Å². The maximum absolute atomic E-state index is 13.1. The second-order valence-corrected chi connectivity index (χ2v) is 5.17. The van der Waals surface area contributed by atoms with Gasteiger partial charge in [-0.05, 0) is 32.9 Å². The maximum atomic E-state index is 13.1. The Balaban J connectivity index is 1.81. The average molecular weight is 306 g/mol. The molecule has 0 unspecified atom stereocenters. The highest BCUT2D eigenvalue weighted by molar-refractivity contribution is 5.79. The molecule has 0 spiro atoms. The number of benzene rings is 1. The van der Waals surface area contributed by atoms with Crippen molar-refractivity contribution >= 4 is 5.91 Å². The standard InChI is InChI=1S/C16H19FN2O3/c1-10(21-14-6-4-5-13(17)7-14)9-18-16(20)8-15-11(2)19-22-12(15)3/h4-7,10H,8-9H2,1-3H3,(H,18,20)/t10-/m1/s1. The molecule has 6 heteroatoms. The molecular weight excluding hydrogens is 287 g/mol. The summed E-state index contributed by atoms with van der Waals surface area (Å²) in [5.41, 5.74) is 1.52. The van der Waals surface area contributed by atoms with Gasteiger partial charge >= 0.3 is 0 Å². The average Bonchev–Trinajstić information content (AvgIpc) is 2.77. The van der Waals surface area contributed by atoms with E-state index < -0.39 is 0 Å². The van der Waals surface area contributed by atoms with E-state index in [0.29, 0.717) is 18.1 Å². The number of carbonyl (C=O) groups is 1. The van der Waals surface area contributed by atoms with Gasteiger partial charge in [0.25, 0.3) is 0 Å². The number of hydrogen-bond acceptors (Lipinski definition) is 4. The Morgan fingerprint density at radius 1 is 1.45 bits per heavy atom. The molecule has 118 valence electrons. The lowest BCUT2D eigenvalue weighted by Crippen LogP contribution is -2.34. The van der Waals surface area contributed by atoms with Crippen LogP contribution in [0.15, 0.2) is 28.8 Å². The van der Waals surface area contributed by atoms with Gasteiger partial charge in [-0.25, -0.2) is 4.39 Å². The minimum atomic E-state index is -0.354. The molecule has 1 aromatic carbocycles. The van der Waals surface area contributed by atoms with Crippen LogP contribution < -0.4 is 10.1 Å². The molecule has 0 aliphatic carbocycles. The highest BCUT2D eigenvalue weighted by Gasteiger charge is 2.14. The predicted octanol–water partition coefficient (Wildman–Crippen LogP) is 2.56. The number of nitrogens with one attached hydrogen (secondary N) is 1. The molecule has 0 fully saturated rings. The van der Waals surface area contributed by atoms with Gasteiger partial charge in [0, 0.05) is 11.6 Å². The summed E-state index contributed by atoms with van der Waals surface area (Å²) < 4.78 is 23.6. The molecule has 1 heterocycles. The number of nitrogens with zero attached hydrogens (tertiary/aromatic N) is 1. The molecule has 1 N–H and O–H groups in total. The summed E-state index contributed by atoms with van der Waals surface area (Å²) in [6.45, 7) is 5.72. The van der Waals surface area contributed by atoms with Crippen LogP contribution in [0.3, 0.4) is 0 Å². The van der Waals surface area contributed by atoms with Crippen LogP contribution in [0.5, 0.6) is 5.75 Å². The Bertz CT molecular complexity index is 635. The fourth-order valence-corrected chi connectivity index (χ4v) is 2.05. The van der Waals surface area contributed by atoms with Crippen molar-refractivity contribution < 1.29 is 18.4 Å². The number of aromatic nitrogens is 1. The third kappa shape index (κ3) is 4.31. The van der Waals surface area contributed by atoms with Crippen LogP contribution in [0.2, 0.25) is 0 Å². The van der Waals surface area contributed by atoms with E-state index in [1.165, 1.54) is 12.1 Å². The second-order valence-electron chi connectivity index (χ2n) is 5.17. The molecule has 0 radical (unpaired) electrons. The molecule has 0 aliphatic rings. The Kier molecular flexibility index (Phi) is 5.14. The van der Waals surface area contributed by atoms with Crippen molar-refractivity contribution in [3.05, 3.63) is 47.1 Å². The quantitative estimate of drug-likeness (QED) is 0.891. The summed E-state index contributed by atoms with van der Waals surface area (Å²) in [5, 5.41) is 6.60. The minimum Gasteiger partial charge on any atom is -0.489 e. The zero-order valence-corrected chi connectivity index (χ0v) is 12.9. The van der Waals surface area contributed by atoms with Gasteiger partial charge in [-0.2, -0.15) is 0 Å². The number of halogens is 1. The largest absolute Gasteiger partial charge is 0.489 e. The van der Waals surface area contributed by atoms with E-state index >= 15 is 0 Å². The number of carbonyl (C=O) groups excluding carboxylic acids is 1. The number of ether oxygens (including phenoxy) is 1. The van der Waals surface area contributed by atoms with Crippen molar-refractivity contribution in [2.24, 2.45) is 0 Å². The monoisotopic (exact) mass is 306 g/mol. The van der Waals surface area contributed by atoms with Gasteiger partial charge in [0.1, 0.15) is 23.4 Å². The zero-order chi connectivity index (χ0) is 16.1. The fraction of sp³-hybridized carbons (Fsp3) is 0.375. The first-order valence-corrected chi connectivity index (χ1v) is 7.06. The van der Waals surface area contributed by atoms with Crippen LogP contribution in [-0.4, -0.2) is 23.7 Å². The molecule has 1 atom stereocenters. The third-order valence-electron chi connectivity index (χ3n) is 3.24. The summed E-state index contributed by atoms with van der Waals surface area (Å²) in [6.07, 6.45) is -0.0520. The molecule has 1 aromatic heterocycles. The van der Waals surface area contributed by atoms with Crippen molar-refractivity contribution in [3.8, 4) is 5.75 Å². The summed E-state index contributed by atoms with van der Waals surface area (Å²) >= 11 is 0. The van der Waals surface area contributed by atoms with Gasteiger partial charge in [-0.15, -0.1) is 0 Å². The SMILES string of the molecule is Cc1noc(C)c1CC(=O)NC[C@@H](C)Oc1cccc(F)c1. The molecule has 0 saturated carbocycles. The molecular formula is C16H19FN2O3. The van der Waals surface area contributed by atoms with Crippen molar-refractivity contribution in [1.29, 1.82) is 0 Å². The fourth-order valence-electron chi connectivity index (χ4n) is 2.05. The first kappa shape index (κ1) is 16.0. The Morgan fingerprint density at radius 2 is 2.23 bits per heavy atom. The zero-order valence-electron chi connectivity index (χ0n) is 12.9. The van der Waals surface area contributed by atoms with Crippen LogP contribution in [0.4, 0.5) is 4.39 Å². The molecule has 0 aliphatic heterocycles. The highest BCUT2D eigenvalue weighted by Crippen LogP contribution is 2.14. The number of aryl methyl sites for hydroxylation is 2. The van der Waals surface area contributed by atoms with Gasteiger partial charge in [-0.1, -0.05) is 11.2 Å². The first-order chi connectivity index (χ1) is 10.5. The molecule has 2 aromatic rings. The third-order valence-corrected chi connectivity index (χ3v) is 3.24. The van der Waals surface area contributed by atoms with Crippen molar-refractivity contribution in [2.45, 2.75) is 33.3 Å². The van der Waals surface area contributed by atoms with Crippen LogP contribution >= 0.6 is 0 Å². The predicted molar refractivity (Wildman–Crippen MR) is 79.2 cm³/mol.